The number of nitrogens with one attached hydrogen (secondary N) is 2. The smallest absolute Gasteiger partial charge is 0.191 e. The summed E-state index contributed by atoms with van der Waals surface area (Å²) in [6.45, 7) is 7.15. The van der Waals surface area contributed by atoms with Gasteiger partial charge in [0.15, 0.2) is 5.96 Å². The summed E-state index contributed by atoms with van der Waals surface area (Å²) in [5.41, 5.74) is 1.08. The number of nitrogens with zero attached hydrogens (tertiary/aromatic N) is 2. The van der Waals surface area contributed by atoms with Crippen LogP contribution in [0.4, 0.5) is 0 Å². The van der Waals surface area contributed by atoms with Crippen molar-refractivity contribution in [1.29, 1.82) is 0 Å². The van der Waals surface area contributed by atoms with Crippen LogP contribution < -0.4 is 10.6 Å². The lowest BCUT2D eigenvalue weighted by molar-refractivity contribution is 0.623. The van der Waals surface area contributed by atoms with Crippen molar-refractivity contribution in [3.05, 3.63) is 16.1 Å². The fourth-order valence-electron chi connectivity index (χ4n) is 1.30. The highest BCUT2D eigenvalue weighted by atomic mass is 32.1. The lowest BCUT2D eigenvalue weighted by Crippen LogP contribution is -2.41. The molecule has 0 aliphatic heterocycles. The number of guanidine groups is 1. The molecule has 0 radical (unpaired) electrons. The van der Waals surface area contributed by atoms with Gasteiger partial charge in [0.2, 0.25) is 0 Å². The van der Waals surface area contributed by atoms with Crippen molar-refractivity contribution in [2.75, 3.05) is 7.05 Å². The van der Waals surface area contributed by atoms with E-state index in [0.717, 1.165) is 31.0 Å². The number of hydrogen-bond acceptors (Lipinski definition) is 3. The van der Waals surface area contributed by atoms with Crippen molar-refractivity contribution in [2.45, 2.75) is 46.2 Å². The molecule has 0 fully saturated rings. The first-order valence-corrected chi connectivity index (χ1v) is 6.98. The molecule has 0 bridgehead atoms. The highest BCUT2D eigenvalue weighted by Gasteiger charge is 2.04. The summed E-state index contributed by atoms with van der Waals surface area (Å²) >= 11 is 1.72. The van der Waals surface area contributed by atoms with E-state index in [-0.39, 0.29) is 0 Å². The summed E-state index contributed by atoms with van der Waals surface area (Å²) in [5, 5.41) is 9.88. The maximum Gasteiger partial charge on any atom is 0.191 e. The Balaban J connectivity index is 2.42. The van der Waals surface area contributed by atoms with Crippen LogP contribution in [0.5, 0.6) is 0 Å². The minimum atomic E-state index is 0.433. The average Bonchev–Trinajstić information content (AvgIpc) is 2.82. The molecule has 1 atom stereocenters. The van der Waals surface area contributed by atoms with Crippen LogP contribution in [0.15, 0.2) is 10.4 Å². The Morgan fingerprint density at radius 1 is 1.53 bits per heavy atom. The molecule has 2 N–H and O–H groups in total. The second kappa shape index (κ2) is 7.27. The maximum absolute atomic E-state index is 4.51. The molecule has 4 nitrogen and oxygen atoms in total. The number of aliphatic imine (C=N–C) groups is 1. The average molecular weight is 254 g/mol. The molecule has 1 aromatic rings. The first-order valence-electron chi connectivity index (χ1n) is 6.10. The van der Waals surface area contributed by atoms with Crippen LogP contribution in [0, 0.1) is 0 Å². The van der Waals surface area contributed by atoms with E-state index in [1.807, 2.05) is 0 Å². The zero-order valence-corrected chi connectivity index (χ0v) is 11.9. The number of aromatic nitrogens is 1. The molecule has 0 spiro atoms. The van der Waals surface area contributed by atoms with Gasteiger partial charge in [0.25, 0.3) is 0 Å². The van der Waals surface area contributed by atoms with Crippen molar-refractivity contribution in [3.63, 3.8) is 0 Å². The van der Waals surface area contributed by atoms with E-state index in [9.17, 15) is 0 Å². The minimum absolute atomic E-state index is 0.433. The summed E-state index contributed by atoms with van der Waals surface area (Å²) in [6, 6.07) is 0.433. The highest BCUT2D eigenvalue weighted by molar-refractivity contribution is 7.09. The van der Waals surface area contributed by atoms with Crippen LogP contribution in [-0.2, 0) is 13.0 Å². The Morgan fingerprint density at radius 2 is 2.29 bits per heavy atom. The Bertz CT molecular complexity index is 359. The molecular weight excluding hydrogens is 232 g/mol. The molecule has 0 saturated carbocycles. The summed E-state index contributed by atoms with van der Waals surface area (Å²) in [5.74, 6) is 0.838. The fourth-order valence-corrected chi connectivity index (χ4v) is 2.04. The van der Waals surface area contributed by atoms with E-state index in [2.05, 4.69) is 46.8 Å². The largest absolute Gasteiger partial charge is 0.354 e. The topological polar surface area (TPSA) is 49.3 Å². The van der Waals surface area contributed by atoms with E-state index in [1.165, 1.54) is 5.01 Å². The van der Waals surface area contributed by atoms with Crippen LogP contribution in [0.25, 0.3) is 0 Å². The molecule has 0 aromatic carbocycles. The maximum atomic E-state index is 4.51. The van der Waals surface area contributed by atoms with Gasteiger partial charge in [0.1, 0.15) is 0 Å². The van der Waals surface area contributed by atoms with Gasteiger partial charge < -0.3 is 10.6 Å². The van der Waals surface area contributed by atoms with Crippen LogP contribution in [0.2, 0.25) is 0 Å². The second-order valence-corrected chi connectivity index (χ2v) is 4.91. The van der Waals surface area contributed by atoms with Gasteiger partial charge in [-0.25, -0.2) is 4.98 Å². The van der Waals surface area contributed by atoms with Crippen molar-refractivity contribution in [3.8, 4) is 0 Å². The van der Waals surface area contributed by atoms with Crippen molar-refractivity contribution in [1.82, 2.24) is 15.6 Å². The first-order chi connectivity index (χ1) is 8.19. The molecule has 1 rings (SSSR count). The zero-order valence-electron chi connectivity index (χ0n) is 11.1. The standard InChI is InChI=1S/C12H22N4S/c1-5-9(3)15-12(13-4)14-7-10-8-17-11(6-2)16-10/h8-9H,5-7H2,1-4H3,(H2,13,14,15)/t9-/m0/s1. The van der Waals surface area contributed by atoms with Gasteiger partial charge >= 0.3 is 0 Å². The summed E-state index contributed by atoms with van der Waals surface area (Å²) in [7, 11) is 1.79. The molecule has 0 aliphatic rings. The van der Waals surface area contributed by atoms with E-state index in [4.69, 9.17) is 0 Å². The Hall–Kier alpha value is -1.10. The Morgan fingerprint density at radius 3 is 2.82 bits per heavy atom. The predicted molar refractivity (Wildman–Crippen MR) is 74.6 cm³/mol. The minimum Gasteiger partial charge on any atom is -0.354 e. The number of aryl methyl sites for hydroxylation is 1. The van der Waals surface area contributed by atoms with Crippen LogP contribution >= 0.6 is 11.3 Å². The summed E-state index contributed by atoms with van der Waals surface area (Å²) in [4.78, 5) is 8.70. The van der Waals surface area contributed by atoms with E-state index in [0.29, 0.717) is 6.04 Å². The molecule has 0 unspecified atom stereocenters. The Kier molecular flexibility index (Phi) is 5.97. The number of thiazole rings is 1. The third kappa shape index (κ3) is 4.73. The van der Waals surface area contributed by atoms with Crippen LogP contribution in [0.3, 0.4) is 0 Å². The second-order valence-electron chi connectivity index (χ2n) is 3.97. The molecule has 1 heterocycles. The lowest BCUT2D eigenvalue weighted by Gasteiger charge is -2.15. The molecule has 96 valence electrons. The van der Waals surface area contributed by atoms with Crippen LogP contribution in [0.1, 0.15) is 37.9 Å². The Labute approximate surface area is 108 Å². The molecule has 1 aromatic heterocycles. The zero-order chi connectivity index (χ0) is 12.7. The highest BCUT2D eigenvalue weighted by Crippen LogP contribution is 2.09. The third-order valence-corrected chi connectivity index (χ3v) is 3.60. The van der Waals surface area contributed by atoms with Gasteiger partial charge in [-0.2, -0.15) is 0 Å². The van der Waals surface area contributed by atoms with Gasteiger partial charge in [0, 0.05) is 18.5 Å². The van der Waals surface area contributed by atoms with Crippen LogP contribution in [-0.4, -0.2) is 24.0 Å². The first kappa shape index (κ1) is 14.0. The van der Waals surface area contributed by atoms with Crippen molar-refractivity contribution >= 4 is 17.3 Å². The molecule has 0 amide bonds. The normalized spacial score (nSPS) is 13.5. The number of hydrogen-bond donors (Lipinski definition) is 2. The summed E-state index contributed by atoms with van der Waals surface area (Å²) in [6.07, 6.45) is 2.09. The predicted octanol–water partition coefficient (Wildman–Crippen LogP) is 2.17. The van der Waals surface area contributed by atoms with Gasteiger partial charge in [-0.05, 0) is 19.8 Å². The van der Waals surface area contributed by atoms with Gasteiger partial charge in [-0.15, -0.1) is 11.3 Å². The molecule has 0 aliphatic carbocycles. The molecule has 5 heteroatoms. The monoisotopic (exact) mass is 254 g/mol. The lowest BCUT2D eigenvalue weighted by atomic mass is 10.3. The summed E-state index contributed by atoms with van der Waals surface area (Å²) < 4.78 is 0. The molecular formula is C12H22N4S. The van der Waals surface area contributed by atoms with Gasteiger partial charge in [0.05, 0.1) is 17.2 Å². The van der Waals surface area contributed by atoms with E-state index < -0.39 is 0 Å². The SMILES string of the molecule is CCc1nc(CNC(=NC)N[C@@H](C)CC)cs1. The molecule has 17 heavy (non-hydrogen) atoms. The van der Waals surface area contributed by atoms with Crippen molar-refractivity contribution in [2.24, 2.45) is 4.99 Å². The van der Waals surface area contributed by atoms with E-state index in [1.54, 1.807) is 18.4 Å². The third-order valence-electron chi connectivity index (χ3n) is 2.56. The number of rotatable bonds is 5. The van der Waals surface area contributed by atoms with Gasteiger partial charge in [-0.3, -0.25) is 4.99 Å². The molecule has 0 saturated heterocycles. The quantitative estimate of drug-likeness (QED) is 0.625. The van der Waals surface area contributed by atoms with Crippen molar-refractivity contribution < 1.29 is 0 Å². The fraction of sp³-hybridized carbons (Fsp3) is 0.667. The van der Waals surface area contributed by atoms with Gasteiger partial charge in [-0.1, -0.05) is 13.8 Å². The van der Waals surface area contributed by atoms with E-state index >= 15 is 0 Å².